The molecule has 0 saturated heterocycles. The summed E-state index contributed by atoms with van der Waals surface area (Å²) in [5.74, 6) is 0.601. The Bertz CT molecular complexity index is 639. The lowest BCUT2D eigenvalue weighted by molar-refractivity contribution is -0.140. The van der Waals surface area contributed by atoms with E-state index in [0.29, 0.717) is 6.42 Å². The number of fused-ring (bicyclic) bond motifs is 1. The number of carbonyl (C=O) groups excluding carboxylic acids is 1. The number of carbonyl (C=O) groups is 1. The van der Waals surface area contributed by atoms with E-state index in [-0.39, 0.29) is 5.97 Å². The van der Waals surface area contributed by atoms with Crippen LogP contribution in [0.15, 0.2) is 34.9 Å². The van der Waals surface area contributed by atoms with Gasteiger partial charge in [0.15, 0.2) is 0 Å². The molecule has 112 valence electrons. The summed E-state index contributed by atoms with van der Waals surface area (Å²) in [4.78, 5) is 13.0. The molecular formula is C15H17NO3S2. The Balaban J connectivity index is 1.92. The summed E-state index contributed by atoms with van der Waals surface area (Å²) in [5, 5.41) is 1.04. The van der Waals surface area contributed by atoms with Crippen molar-refractivity contribution in [3.8, 4) is 0 Å². The predicted molar refractivity (Wildman–Crippen MR) is 90.9 cm³/mol. The first kappa shape index (κ1) is 15.9. The second-order valence-corrected chi connectivity index (χ2v) is 6.20. The Morgan fingerprint density at radius 2 is 2.19 bits per heavy atom. The number of rotatable bonds is 5. The largest absolute Gasteiger partial charge is 0.469 e. The average molecular weight is 323 g/mol. The van der Waals surface area contributed by atoms with Gasteiger partial charge in [-0.1, -0.05) is 36.1 Å². The number of furan rings is 1. The van der Waals surface area contributed by atoms with Crippen LogP contribution in [-0.4, -0.2) is 30.2 Å². The Morgan fingerprint density at radius 3 is 2.95 bits per heavy atom. The minimum absolute atomic E-state index is 0.185. The topological polar surface area (TPSA) is 42.7 Å². The summed E-state index contributed by atoms with van der Waals surface area (Å²) in [7, 11) is 3.32. The first-order valence-electron chi connectivity index (χ1n) is 6.57. The summed E-state index contributed by atoms with van der Waals surface area (Å²) in [6.07, 6.45) is 2.88. The van der Waals surface area contributed by atoms with Gasteiger partial charge < -0.3 is 14.1 Å². The van der Waals surface area contributed by atoms with Crippen LogP contribution in [0.4, 0.5) is 5.69 Å². The summed E-state index contributed by atoms with van der Waals surface area (Å²) >= 11 is 6.98. The van der Waals surface area contributed by atoms with Gasteiger partial charge in [0, 0.05) is 24.6 Å². The predicted octanol–water partition coefficient (Wildman–Crippen LogP) is 3.84. The standard InChI is InChI=1S/C15H17NO3S2/c1-16(15(20)21-9-5-8-14(17)18-2)12-10-19-13-7-4-3-6-11(12)13/h3-4,6-7,10H,5,8-9H2,1-2H3. The molecule has 0 bridgehead atoms. The molecule has 0 fully saturated rings. The molecule has 0 aliphatic heterocycles. The van der Waals surface area contributed by atoms with Crippen LogP contribution in [0.1, 0.15) is 12.8 Å². The number of hydrogen-bond donors (Lipinski definition) is 0. The fraction of sp³-hybridized carbons (Fsp3) is 0.333. The zero-order valence-corrected chi connectivity index (χ0v) is 13.6. The van der Waals surface area contributed by atoms with E-state index in [1.165, 1.54) is 7.11 Å². The number of benzene rings is 1. The van der Waals surface area contributed by atoms with Crippen molar-refractivity contribution in [1.82, 2.24) is 0 Å². The minimum Gasteiger partial charge on any atom is -0.469 e. The third kappa shape index (κ3) is 3.98. The molecule has 0 aliphatic carbocycles. The lowest BCUT2D eigenvalue weighted by atomic mass is 10.2. The van der Waals surface area contributed by atoms with Gasteiger partial charge in [0.25, 0.3) is 0 Å². The first-order chi connectivity index (χ1) is 10.1. The molecule has 0 unspecified atom stereocenters. The molecule has 1 heterocycles. The van der Waals surface area contributed by atoms with Crippen LogP contribution in [0.2, 0.25) is 0 Å². The lowest BCUT2D eigenvalue weighted by Gasteiger charge is -2.17. The molecule has 0 spiro atoms. The number of methoxy groups -OCH3 is 1. The van der Waals surface area contributed by atoms with Crippen LogP contribution in [-0.2, 0) is 9.53 Å². The van der Waals surface area contributed by atoms with E-state index in [9.17, 15) is 4.79 Å². The van der Waals surface area contributed by atoms with Crippen molar-refractivity contribution in [2.75, 3.05) is 24.8 Å². The van der Waals surface area contributed by atoms with E-state index in [1.807, 2.05) is 36.2 Å². The number of esters is 1. The molecule has 0 N–H and O–H groups in total. The van der Waals surface area contributed by atoms with Gasteiger partial charge in [-0.25, -0.2) is 0 Å². The lowest BCUT2D eigenvalue weighted by Crippen LogP contribution is -2.21. The normalized spacial score (nSPS) is 10.6. The highest BCUT2D eigenvalue weighted by Crippen LogP contribution is 2.30. The number of ether oxygens (including phenoxy) is 1. The second kappa shape index (κ2) is 7.47. The van der Waals surface area contributed by atoms with Gasteiger partial charge in [-0.15, -0.1) is 0 Å². The molecule has 0 radical (unpaired) electrons. The van der Waals surface area contributed by atoms with Crippen molar-refractivity contribution in [3.63, 3.8) is 0 Å². The highest BCUT2D eigenvalue weighted by atomic mass is 32.2. The van der Waals surface area contributed by atoms with Crippen molar-refractivity contribution < 1.29 is 13.9 Å². The van der Waals surface area contributed by atoms with Crippen LogP contribution in [0.25, 0.3) is 11.0 Å². The molecular weight excluding hydrogens is 306 g/mol. The maximum Gasteiger partial charge on any atom is 0.305 e. The number of para-hydroxylation sites is 1. The van der Waals surface area contributed by atoms with Crippen molar-refractivity contribution in [2.45, 2.75) is 12.8 Å². The highest BCUT2D eigenvalue weighted by molar-refractivity contribution is 8.23. The number of nitrogens with zero attached hydrogens (tertiary/aromatic N) is 1. The molecule has 4 nitrogen and oxygen atoms in total. The number of thiocarbonyl (C=S) groups is 1. The Hall–Kier alpha value is -1.53. The molecule has 21 heavy (non-hydrogen) atoms. The second-order valence-electron chi connectivity index (χ2n) is 4.47. The zero-order valence-electron chi connectivity index (χ0n) is 12.0. The molecule has 0 amide bonds. The molecule has 6 heteroatoms. The van der Waals surface area contributed by atoms with Gasteiger partial charge in [-0.2, -0.15) is 0 Å². The molecule has 2 rings (SSSR count). The van der Waals surface area contributed by atoms with Gasteiger partial charge in [-0.05, 0) is 18.6 Å². The van der Waals surface area contributed by atoms with E-state index in [4.69, 9.17) is 16.6 Å². The fourth-order valence-corrected chi connectivity index (χ4v) is 3.00. The molecule has 0 saturated carbocycles. The summed E-state index contributed by atoms with van der Waals surface area (Å²) in [6, 6.07) is 7.85. The number of hydrogen-bond acceptors (Lipinski definition) is 5. The summed E-state index contributed by atoms with van der Waals surface area (Å²) < 4.78 is 10.9. The number of anilines is 1. The highest BCUT2D eigenvalue weighted by Gasteiger charge is 2.13. The van der Waals surface area contributed by atoms with E-state index in [1.54, 1.807) is 18.0 Å². The van der Waals surface area contributed by atoms with Crippen molar-refractivity contribution >= 4 is 50.9 Å². The zero-order chi connectivity index (χ0) is 15.2. The van der Waals surface area contributed by atoms with E-state index in [2.05, 4.69) is 4.74 Å². The van der Waals surface area contributed by atoms with Gasteiger partial charge >= 0.3 is 5.97 Å². The Labute approximate surface area is 133 Å². The van der Waals surface area contributed by atoms with Gasteiger partial charge in [0.2, 0.25) is 0 Å². The van der Waals surface area contributed by atoms with Gasteiger partial charge in [0.05, 0.1) is 12.8 Å². The van der Waals surface area contributed by atoms with Gasteiger partial charge in [0.1, 0.15) is 16.2 Å². The molecule has 2 aromatic rings. The van der Waals surface area contributed by atoms with Crippen LogP contribution in [0.3, 0.4) is 0 Å². The van der Waals surface area contributed by atoms with Crippen molar-refractivity contribution in [2.24, 2.45) is 0 Å². The van der Waals surface area contributed by atoms with Crippen LogP contribution in [0.5, 0.6) is 0 Å². The fourth-order valence-electron chi connectivity index (χ4n) is 1.90. The maximum atomic E-state index is 11.0. The van der Waals surface area contributed by atoms with Crippen LogP contribution >= 0.6 is 24.0 Å². The van der Waals surface area contributed by atoms with E-state index < -0.39 is 0 Å². The van der Waals surface area contributed by atoms with Gasteiger partial charge in [-0.3, -0.25) is 4.79 Å². The summed E-state index contributed by atoms with van der Waals surface area (Å²) in [6.45, 7) is 0. The Morgan fingerprint density at radius 1 is 1.43 bits per heavy atom. The van der Waals surface area contributed by atoms with E-state index in [0.717, 1.165) is 33.2 Å². The minimum atomic E-state index is -0.185. The van der Waals surface area contributed by atoms with Crippen molar-refractivity contribution in [3.05, 3.63) is 30.5 Å². The average Bonchev–Trinajstić information content (AvgIpc) is 2.94. The smallest absolute Gasteiger partial charge is 0.305 e. The monoisotopic (exact) mass is 323 g/mol. The third-order valence-electron chi connectivity index (χ3n) is 3.07. The summed E-state index contributed by atoms with van der Waals surface area (Å²) in [5.41, 5.74) is 1.80. The van der Waals surface area contributed by atoms with E-state index >= 15 is 0 Å². The molecule has 0 aliphatic rings. The molecule has 1 aromatic heterocycles. The Kier molecular flexibility index (Phi) is 5.64. The first-order valence-corrected chi connectivity index (χ1v) is 7.96. The quantitative estimate of drug-likeness (QED) is 0.473. The van der Waals surface area contributed by atoms with Crippen LogP contribution in [0, 0.1) is 0 Å². The van der Waals surface area contributed by atoms with Crippen molar-refractivity contribution in [1.29, 1.82) is 0 Å². The molecule has 1 aromatic carbocycles. The maximum absolute atomic E-state index is 11.0. The molecule has 0 atom stereocenters. The number of thioether (sulfide) groups is 1. The SMILES string of the molecule is COC(=O)CCCSC(=S)N(C)c1coc2ccccc12. The van der Waals surface area contributed by atoms with Crippen LogP contribution < -0.4 is 4.90 Å². The third-order valence-corrected chi connectivity index (χ3v) is 4.72.